The van der Waals surface area contributed by atoms with E-state index in [4.69, 9.17) is 4.74 Å². The average molecular weight is 354 g/mol. The molecule has 0 fully saturated rings. The molecule has 0 aliphatic heterocycles. The highest BCUT2D eigenvalue weighted by molar-refractivity contribution is 5.93. The Balaban J connectivity index is 2.01. The van der Waals surface area contributed by atoms with Gasteiger partial charge in [-0.2, -0.15) is 0 Å². The van der Waals surface area contributed by atoms with E-state index in [0.29, 0.717) is 18.7 Å². The molecule has 0 saturated heterocycles. The molecule has 0 aliphatic carbocycles. The minimum atomic E-state index is -0.697. The molecule has 0 radical (unpaired) electrons. The molecule has 26 heavy (non-hydrogen) atoms. The van der Waals surface area contributed by atoms with Crippen LogP contribution in [-0.2, 0) is 11.3 Å². The van der Waals surface area contributed by atoms with Crippen LogP contribution in [0, 0.1) is 0 Å². The maximum atomic E-state index is 12.1. The Hall–Kier alpha value is -3.26. The number of ether oxygens (including phenoxy) is 1. The highest BCUT2D eigenvalue weighted by atomic mass is 16.5. The van der Waals surface area contributed by atoms with Crippen molar-refractivity contribution < 1.29 is 9.84 Å². The third kappa shape index (κ3) is 3.55. The zero-order valence-corrected chi connectivity index (χ0v) is 14.2. The van der Waals surface area contributed by atoms with E-state index >= 15 is 0 Å². The summed E-state index contributed by atoms with van der Waals surface area (Å²) in [5.41, 5.74) is -0.0769. The summed E-state index contributed by atoms with van der Waals surface area (Å²) in [6.07, 6.45) is 3.45. The standard InChI is InChI=1S/C18H18N4O4/c1-26-10-4-9-22-17(24)13(16(23)21-18(22)25)11-20-15-7-2-6-14-12(15)5-3-8-19-14/h2-3,5-8,11,24H,4,9-10H2,1H3,(H,21,23,25). The molecule has 8 nitrogen and oxygen atoms in total. The van der Waals surface area contributed by atoms with Gasteiger partial charge < -0.3 is 9.84 Å². The van der Waals surface area contributed by atoms with Gasteiger partial charge in [-0.25, -0.2) is 4.79 Å². The molecule has 0 spiro atoms. The second-order valence-electron chi connectivity index (χ2n) is 5.60. The summed E-state index contributed by atoms with van der Waals surface area (Å²) in [6.45, 7) is 0.645. The van der Waals surface area contributed by atoms with Gasteiger partial charge in [-0.05, 0) is 30.7 Å². The number of benzene rings is 1. The van der Waals surface area contributed by atoms with Gasteiger partial charge in [-0.3, -0.25) is 24.3 Å². The van der Waals surface area contributed by atoms with Gasteiger partial charge in [-0.15, -0.1) is 0 Å². The first-order chi connectivity index (χ1) is 12.6. The Morgan fingerprint density at radius 1 is 1.31 bits per heavy atom. The van der Waals surface area contributed by atoms with Crippen molar-refractivity contribution in [2.45, 2.75) is 13.0 Å². The second kappa shape index (κ2) is 7.75. The predicted octanol–water partition coefficient (Wildman–Crippen LogP) is 1.58. The monoisotopic (exact) mass is 354 g/mol. The quantitative estimate of drug-likeness (QED) is 0.516. The molecule has 2 N–H and O–H groups in total. The third-order valence-corrected chi connectivity index (χ3v) is 3.89. The lowest BCUT2D eigenvalue weighted by molar-refractivity contribution is 0.188. The number of methoxy groups -OCH3 is 1. The summed E-state index contributed by atoms with van der Waals surface area (Å²) < 4.78 is 6.03. The highest BCUT2D eigenvalue weighted by Crippen LogP contribution is 2.24. The third-order valence-electron chi connectivity index (χ3n) is 3.89. The summed E-state index contributed by atoms with van der Waals surface area (Å²) in [5.74, 6) is -0.419. The number of nitrogens with one attached hydrogen (secondary N) is 1. The van der Waals surface area contributed by atoms with E-state index in [1.54, 1.807) is 31.5 Å². The number of pyridine rings is 1. The van der Waals surface area contributed by atoms with Gasteiger partial charge in [0.25, 0.3) is 5.56 Å². The van der Waals surface area contributed by atoms with E-state index in [9.17, 15) is 14.7 Å². The van der Waals surface area contributed by atoms with Gasteiger partial charge in [0.15, 0.2) is 0 Å². The Morgan fingerprint density at radius 3 is 2.96 bits per heavy atom. The number of H-pyrrole nitrogens is 1. The summed E-state index contributed by atoms with van der Waals surface area (Å²) in [5, 5.41) is 11.2. The number of fused-ring (bicyclic) bond motifs is 1. The highest BCUT2D eigenvalue weighted by Gasteiger charge is 2.12. The minimum Gasteiger partial charge on any atom is -0.494 e. The van der Waals surface area contributed by atoms with E-state index in [-0.39, 0.29) is 12.1 Å². The van der Waals surface area contributed by atoms with Crippen molar-refractivity contribution in [3.8, 4) is 5.88 Å². The summed E-state index contributed by atoms with van der Waals surface area (Å²) in [7, 11) is 1.55. The average Bonchev–Trinajstić information content (AvgIpc) is 2.64. The molecule has 2 aromatic heterocycles. The molecule has 0 unspecified atom stereocenters. The fourth-order valence-electron chi connectivity index (χ4n) is 2.60. The SMILES string of the molecule is COCCCn1c(O)c(C=Nc2cccc3ncccc23)c(=O)[nH]c1=O. The van der Waals surface area contributed by atoms with Crippen molar-refractivity contribution in [3.63, 3.8) is 0 Å². The molecule has 2 heterocycles. The number of nitrogens with zero attached hydrogens (tertiary/aromatic N) is 3. The van der Waals surface area contributed by atoms with Crippen LogP contribution >= 0.6 is 0 Å². The van der Waals surface area contributed by atoms with Crippen molar-refractivity contribution in [3.05, 3.63) is 62.9 Å². The van der Waals surface area contributed by atoms with Gasteiger partial charge >= 0.3 is 5.69 Å². The molecular formula is C18H18N4O4. The van der Waals surface area contributed by atoms with Gasteiger partial charge in [0, 0.05) is 38.1 Å². The molecule has 8 heteroatoms. The summed E-state index contributed by atoms with van der Waals surface area (Å²) >= 11 is 0. The van der Waals surface area contributed by atoms with Crippen LogP contribution in [0.3, 0.4) is 0 Å². The van der Waals surface area contributed by atoms with Gasteiger partial charge in [0.05, 0.1) is 11.2 Å². The van der Waals surface area contributed by atoms with Crippen molar-refractivity contribution in [1.29, 1.82) is 0 Å². The van der Waals surface area contributed by atoms with Crippen LogP contribution < -0.4 is 11.2 Å². The number of aromatic hydroxyl groups is 1. The topological polar surface area (TPSA) is 110 Å². The molecule has 0 bridgehead atoms. The Kier molecular flexibility index (Phi) is 5.23. The molecular weight excluding hydrogens is 336 g/mol. The lowest BCUT2D eigenvalue weighted by atomic mass is 10.2. The Bertz CT molecular complexity index is 1060. The minimum absolute atomic E-state index is 0.0806. The number of hydrogen-bond donors (Lipinski definition) is 2. The molecule has 3 aromatic rings. The number of rotatable bonds is 6. The van der Waals surface area contributed by atoms with Crippen LogP contribution in [0.15, 0.2) is 51.1 Å². The molecule has 0 atom stereocenters. The molecule has 1 aromatic carbocycles. The number of aromatic amines is 1. The van der Waals surface area contributed by atoms with Crippen molar-refractivity contribution in [2.24, 2.45) is 4.99 Å². The van der Waals surface area contributed by atoms with E-state index in [1.165, 1.54) is 6.21 Å². The lowest BCUT2D eigenvalue weighted by Gasteiger charge is -2.09. The van der Waals surface area contributed by atoms with E-state index in [2.05, 4.69) is 15.0 Å². The maximum absolute atomic E-state index is 12.1. The number of hydrogen-bond acceptors (Lipinski definition) is 6. The number of aliphatic imine (C=N–C) groups is 1. The molecule has 0 amide bonds. The first kappa shape index (κ1) is 17.6. The second-order valence-corrected chi connectivity index (χ2v) is 5.60. The van der Waals surface area contributed by atoms with E-state index in [1.807, 2.05) is 12.1 Å². The van der Waals surface area contributed by atoms with Gasteiger partial charge in [0.2, 0.25) is 5.88 Å². The predicted molar refractivity (Wildman–Crippen MR) is 98.5 cm³/mol. The zero-order valence-electron chi connectivity index (χ0n) is 14.2. The largest absolute Gasteiger partial charge is 0.494 e. The normalized spacial score (nSPS) is 11.4. The molecule has 0 saturated carbocycles. The van der Waals surface area contributed by atoms with E-state index < -0.39 is 17.1 Å². The van der Waals surface area contributed by atoms with Gasteiger partial charge in [-0.1, -0.05) is 6.07 Å². The molecule has 0 aliphatic rings. The fourth-order valence-corrected chi connectivity index (χ4v) is 2.60. The van der Waals surface area contributed by atoms with Crippen LogP contribution in [0.1, 0.15) is 12.0 Å². The number of aromatic nitrogens is 3. The van der Waals surface area contributed by atoms with Crippen molar-refractivity contribution in [1.82, 2.24) is 14.5 Å². The van der Waals surface area contributed by atoms with Crippen molar-refractivity contribution >= 4 is 22.8 Å². The molecule has 3 rings (SSSR count). The van der Waals surface area contributed by atoms with Gasteiger partial charge in [0.1, 0.15) is 5.56 Å². The first-order valence-electron chi connectivity index (χ1n) is 8.04. The van der Waals surface area contributed by atoms with E-state index in [0.717, 1.165) is 15.5 Å². The summed E-state index contributed by atoms with van der Waals surface area (Å²) in [4.78, 5) is 34.7. The zero-order chi connectivity index (χ0) is 18.5. The lowest BCUT2D eigenvalue weighted by Crippen LogP contribution is -2.32. The maximum Gasteiger partial charge on any atom is 0.331 e. The Labute approximate surface area is 148 Å². The fraction of sp³-hybridized carbons (Fsp3) is 0.222. The van der Waals surface area contributed by atoms with Crippen LogP contribution in [0.2, 0.25) is 0 Å². The first-order valence-corrected chi connectivity index (χ1v) is 8.04. The molecule has 134 valence electrons. The van der Waals surface area contributed by atoms with Crippen LogP contribution in [0.4, 0.5) is 5.69 Å². The summed E-state index contributed by atoms with van der Waals surface area (Å²) in [6, 6.07) is 9.10. The van der Waals surface area contributed by atoms with Crippen molar-refractivity contribution in [2.75, 3.05) is 13.7 Å². The van der Waals surface area contributed by atoms with Crippen LogP contribution in [0.5, 0.6) is 5.88 Å². The van der Waals surface area contributed by atoms with Crippen LogP contribution in [-0.4, -0.2) is 39.6 Å². The smallest absolute Gasteiger partial charge is 0.331 e. The Morgan fingerprint density at radius 2 is 2.15 bits per heavy atom. The van der Waals surface area contributed by atoms with Crippen LogP contribution in [0.25, 0.3) is 10.9 Å².